The maximum absolute atomic E-state index is 13.2. The largest absolute Gasteiger partial charge is 0.488 e. The zero-order valence-corrected chi connectivity index (χ0v) is 10.8. The molecule has 0 aliphatic carbocycles. The highest BCUT2D eigenvalue weighted by molar-refractivity contribution is 5.37. The summed E-state index contributed by atoms with van der Waals surface area (Å²) in [5.41, 5.74) is 7.96. The highest BCUT2D eigenvalue weighted by Crippen LogP contribution is 2.30. The van der Waals surface area contributed by atoms with Gasteiger partial charge in [0, 0.05) is 29.9 Å². The number of nitrogens with two attached hydrogens (primary N) is 1. The highest BCUT2D eigenvalue weighted by Gasteiger charge is 2.24. The number of aromatic nitrogens is 1. The van der Waals surface area contributed by atoms with E-state index in [1.54, 1.807) is 12.1 Å². The summed E-state index contributed by atoms with van der Waals surface area (Å²) in [7, 11) is 0. The van der Waals surface area contributed by atoms with Gasteiger partial charge in [0.15, 0.2) is 0 Å². The molecule has 0 amide bonds. The standard InChI is InChI=1S/C15H17FN2O/c1-10(17)14-3-2-6-18(14)9-13-8-11-7-12(16)4-5-15(11)19-13/h2-7,10,13H,8-9,17H2,1H3. The van der Waals surface area contributed by atoms with Crippen molar-refractivity contribution in [2.24, 2.45) is 5.73 Å². The molecule has 0 saturated heterocycles. The molecule has 0 saturated carbocycles. The first-order chi connectivity index (χ1) is 9.13. The quantitative estimate of drug-likeness (QED) is 0.921. The Morgan fingerprint density at radius 3 is 3.11 bits per heavy atom. The molecular formula is C15H17FN2O. The average Bonchev–Trinajstić information content (AvgIpc) is 2.95. The lowest BCUT2D eigenvalue weighted by atomic mass is 10.1. The molecular weight excluding hydrogens is 243 g/mol. The molecule has 1 aromatic heterocycles. The van der Waals surface area contributed by atoms with Crippen LogP contribution >= 0.6 is 0 Å². The Hall–Kier alpha value is -1.81. The third-order valence-electron chi connectivity index (χ3n) is 3.50. The molecule has 1 aliphatic heterocycles. The molecule has 3 rings (SSSR count). The van der Waals surface area contributed by atoms with E-state index in [4.69, 9.17) is 10.5 Å². The second kappa shape index (κ2) is 4.70. The van der Waals surface area contributed by atoms with E-state index in [1.165, 1.54) is 6.07 Å². The predicted octanol–water partition coefficient (Wildman–Crippen LogP) is 2.65. The molecule has 3 nitrogen and oxygen atoms in total. The van der Waals surface area contributed by atoms with E-state index in [-0.39, 0.29) is 18.0 Å². The first kappa shape index (κ1) is 12.2. The Bertz CT molecular complexity index is 592. The van der Waals surface area contributed by atoms with Gasteiger partial charge in [-0.2, -0.15) is 0 Å². The molecule has 2 heterocycles. The molecule has 2 aromatic rings. The molecule has 2 atom stereocenters. The summed E-state index contributed by atoms with van der Waals surface area (Å²) >= 11 is 0. The van der Waals surface area contributed by atoms with E-state index in [0.29, 0.717) is 0 Å². The van der Waals surface area contributed by atoms with Gasteiger partial charge >= 0.3 is 0 Å². The van der Waals surface area contributed by atoms with E-state index >= 15 is 0 Å². The SMILES string of the molecule is CC(N)c1cccn1CC1Cc2cc(F)ccc2O1. The molecule has 0 spiro atoms. The van der Waals surface area contributed by atoms with E-state index in [9.17, 15) is 4.39 Å². The van der Waals surface area contributed by atoms with Crippen molar-refractivity contribution >= 4 is 0 Å². The molecule has 1 aromatic carbocycles. The normalized spacial score (nSPS) is 19.0. The Balaban J connectivity index is 1.75. The van der Waals surface area contributed by atoms with Crippen LogP contribution in [0, 0.1) is 5.82 Å². The van der Waals surface area contributed by atoms with Crippen molar-refractivity contribution in [3.63, 3.8) is 0 Å². The molecule has 100 valence electrons. The van der Waals surface area contributed by atoms with Gasteiger partial charge in [0.2, 0.25) is 0 Å². The minimum atomic E-state index is -0.208. The van der Waals surface area contributed by atoms with E-state index in [2.05, 4.69) is 4.57 Å². The van der Waals surface area contributed by atoms with Gasteiger partial charge in [-0.25, -0.2) is 4.39 Å². The predicted molar refractivity (Wildman–Crippen MR) is 71.6 cm³/mol. The Morgan fingerprint density at radius 1 is 1.47 bits per heavy atom. The van der Waals surface area contributed by atoms with Crippen molar-refractivity contribution in [3.05, 3.63) is 53.6 Å². The third kappa shape index (κ3) is 2.36. The van der Waals surface area contributed by atoms with Crippen molar-refractivity contribution in [3.8, 4) is 5.75 Å². The van der Waals surface area contributed by atoms with Crippen LogP contribution in [-0.2, 0) is 13.0 Å². The van der Waals surface area contributed by atoms with Gasteiger partial charge in [-0.15, -0.1) is 0 Å². The molecule has 2 unspecified atom stereocenters. The van der Waals surface area contributed by atoms with Gasteiger partial charge in [0.05, 0.1) is 6.54 Å². The Labute approximate surface area is 111 Å². The van der Waals surface area contributed by atoms with Gasteiger partial charge < -0.3 is 15.0 Å². The van der Waals surface area contributed by atoms with Crippen LogP contribution in [0.25, 0.3) is 0 Å². The fourth-order valence-corrected chi connectivity index (χ4v) is 2.62. The number of nitrogens with zero attached hydrogens (tertiary/aromatic N) is 1. The molecule has 0 fully saturated rings. The van der Waals surface area contributed by atoms with Crippen LogP contribution in [0.3, 0.4) is 0 Å². The number of rotatable bonds is 3. The van der Waals surface area contributed by atoms with E-state index in [1.807, 2.05) is 25.3 Å². The van der Waals surface area contributed by atoms with Crippen molar-refractivity contribution in [2.45, 2.75) is 32.0 Å². The molecule has 0 radical (unpaired) electrons. The highest BCUT2D eigenvalue weighted by atomic mass is 19.1. The Morgan fingerprint density at radius 2 is 2.32 bits per heavy atom. The minimum Gasteiger partial charge on any atom is -0.488 e. The van der Waals surface area contributed by atoms with Crippen molar-refractivity contribution in [1.82, 2.24) is 4.57 Å². The lowest BCUT2D eigenvalue weighted by molar-refractivity contribution is 0.207. The van der Waals surface area contributed by atoms with Crippen LogP contribution in [0.4, 0.5) is 4.39 Å². The number of halogens is 1. The fraction of sp³-hybridized carbons (Fsp3) is 0.333. The van der Waals surface area contributed by atoms with Crippen LogP contribution in [0.1, 0.15) is 24.2 Å². The first-order valence-electron chi connectivity index (χ1n) is 6.49. The number of hydrogen-bond acceptors (Lipinski definition) is 2. The molecule has 19 heavy (non-hydrogen) atoms. The molecule has 2 N–H and O–H groups in total. The summed E-state index contributed by atoms with van der Waals surface area (Å²) in [6.45, 7) is 2.70. The monoisotopic (exact) mass is 260 g/mol. The second-order valence-corrected chi connectivity index (χ2v) is 5.07. The van der Waals surface area contributed by atoms with Gasteiger partial charge in [0.1, 0.15) is 17.7 Å². The molecule has 0 bridgehead atoms. The summed E-state index contributed by atoms with van der Waals surface area (Å²) < 4.78 is 21.1. The first-order valence-corrected chi connectivity index (χ1v) is 6.49. The number of hydrogen-bond donors (Lipinski definition) is 1. The van der Waals surface area contributed by atoms with Crippen LogP contribution in [0.15, 0.2) is 36.5 Å². The smallest absolute Gasteiger partial charge is 0.123 e. The van der Waals surface area contributed by atoms with Crippen molar-refractivity contribution in [2.75, 3.05) is 0 Å². The van der Waals surface area contributed by atoms with E-state index in [0.717, 1.165) is 30.0 Å². The van der Waals surface area contributed by atoms with Crippen molar-refractivity contribution < 1.29 is 9.13 Å². The van der Waals surface area contributed by atoms with Crippen molar-refractivity contribution in [1.29, 1.82) is 0 Å². The minimum absolute atomic E-state index is 0.00350. The number of fused-ring (bicyclic) bond motifs is 1. The van der Waals surface area contributed by atoms with Crippen LogP contribution in [0.5, 0.6) is 5.75 Å². The van der Waals surface area contributed by atoms with Gasteiger partial charge in [-0.05, 0) is 37.3 Å². The zero-order chi connectivity index (χ0) is 13.4. The van der Waals surface area contributed by atoms with Crippen LogP contribution in [0.2, 0.25) is 0 Å². The average molecular weight is 260 g/mol. The number of benzene rings is 1. The summed E-state index contributed by atoms with van der Waals surface area (Å²) in [5.74, 6) is 0.584. The number of ether oxygens (including phenoxy) is 1. The summed E-state index contributed by atoms with van der Waals surface area (Å²) in [4.78, 5) is 0. The fourth-order valence-electron chi connectivity index (χ4n) is 2.62. The van der Waals surface area contributed by atoms with Gasteiger partial charge in [0.25, 0.3) is 0 Å². The van der Waals surface area contributed by atoms with E-state index < -0.39 is 0 Å². The summed E-state index contributed by atoms with van der Waals surface area (Å²) in [6.07, 6.45) is 2.79. The second-order valence-electron chi connectivity index (χ2n) is 5.07. The maximum atomic E-state index is 13.2. The third-order valence-corrected chi connectivity index (χ3v) is 3.50. The lowest BCUT2D eigenvalue weighted by Gasteiger charge is -2.16. The van der Waals surface area contributed by atoms with Crippen LogP contribution in [-0.4, -0.2) is 10.7 Å². The summed E-state index contributed by atoms with van der Waals surface area (Å²) in [6, 6.07) is 8.69. The molecule has 1 aliphatic rings. The zero-order valence-electron chi connectivity index (χ0n) is 10.8. The summed E-state index contributed by atoms with van der Waals surface area (Å²) in [5, 5.41) is 0. The maximum Gasteiger partial charge on any atom is 0.123 e. The molecule has 4 heteroatoms. The van der Waals surface area contributed by atoms with Gasteiger partial charge in [-0.3, -0.25) is 0 Å². The van der Waals surface area contributed by atoms with Gasteiger partial charge in [-0.1, -0.05) is 0 Å². The lowest BCUT2D eigenvalue weighted by Crippen LogP contribution is -2.23. The Kier molecular flexibility index (Phi) is 3.03. The topological polar surface area (TPSA) is 40.2 Å². The van der Waals surface area contributed by atoms with Crippen LogP contribution < -0.4 is 10.5 Å².